The van der Waals surface area contributed by atoms with E-state index in [1.165, 1.54) is 0 Å². The molecule has 0 N–H and O–H groups in total. The summed E-state index contributed by atoms with van der Waals surface area (Å²) < 4.78 is 4.45. The minimum atomic E-state index is 0.860. The highest BCUT2D eigenvalue weighted by molar-refractivity contribution is 6.00. The lowest BCUT2D eigenvalue weighted by molar-refractivity contribution is 1.10. The number of nitrogens with zero attached hydrogens (tertiary/aromatic N) is 6. The molecule has 3 aromatic heterocycles. The smallest absolute Gasteiger partial charge is 0.145 e. The van der Waals surface area contributed by atoms with Crippen molar-refractivity contribution >= 4 is 33.1 Å². The highest BCUT2D eigenvalue weighted by Gasteiger charge is 2.18. The van der Waals surface area contributed by atoms with Crippen molar-refractivity contribution in [3.8, 4) is 56.4 Å². The Kier molecular flexibility index (Phi) is 7.03. The van der Waals surface area contributed by atoms with E-state index in [-0.39, 0.29) is 0 Å². The van der Waals surface area contributed by atoms with Crippen LogP contribution in [0.25, 0.3) is 89.5 Å². The van der Waals surface area contributed by atoms with Gasteiger partial charge in [-0.1, -0.05) is 121 Å². The van der Waals surface area contributed by atoms with Crippen LogP contribution in [0.3, 0.4) is 0 Å². The molecule has 0 atom stereocenters. The molecule has 10 aromatic rings. The van der Waals surface area contributed by atoms with Gasteiger partial charge in [-0.05, 0) is 59.7 Å². The number of fused-ring (bicyclic) bond motifs is 3. The Labute approximate surface area is 300 Å². The summed E-state index contributed by atoms with van der Waals surface area (Å²) in [6.07, 6.45) is 3.53. The van der Waals surface area contributed by atoms with Crippen molar-refractivity contribution in [3.63, 3.8) is 0 Å². The topological polar surface area (TPSA) is 61.4 Å². The number of benzene rings is 7. The van der Waals surface area contributed by atoms with Gasteiger partial charge in [-0.25, -0.2) is 9.97 Å². The van der Waals surface area contributed by atoms with Gasteiger partial charge in [0, 0.05) is 46.0 Å². The molecule has 6 heteroatoms. The molecule has 10 rings (SSSR count). The first kappa shape index (κ1) is 29.7. The Bertz CT molecular complexity index is 2670. The van der Waals surface area contributed by atoms with E-state index in [0.717, 1.165) is 89.5 Å². The van der Waals surface area contributed by atoms with Gasteiger partial charge in [0.1, 0.15) is 11.6 Å². The van der Waals surface area contributed by atoms with Crippen LogP contribution in [0, 0.1) is 0 Å². The lowest BCUT2D eigenvalue weighted by Crippen LogP contribution is -1.97. The molecule has 0 aliphatic heterocycles. The zero-order valence-corrected chi connectivity index (χ0v) is 28.0. The molecule has 0 spiro atoms. The maximum Gasteiger partial charge on any atom is 0.145 e. The van der Waals surface area contributed by atoms with Gasteiger partial charge in [0.25, 0.3) is 0 Å². The summed E-state index contributed by atoms with van der Waals surface area (Å²) in [5, 5.41) is 0. The molecule has 0 saturated carbocycles. The second-order valence-electron chi connectivity index (χ2n) is 12.8. The summed E-state index contributed by atoms with van der Waals surface area (Å²) in [4.78, 5) is 19.8. The highest BCUT2D eigenvalue weighted by Crippen LogP contribution is 2.37. The van der Waals surface area contributed by atoms with E-state index >= 15 is 0 Å². The quantitative estimate of drug-likeness (QED) is 0.177. The Morgan fingerprint density at radius 3 is 1.12 bits per heavy atom. The summed E-state index contributed by atoms with van der Waals surface area (Å²) in [5.41, 5.74) is 14.2. The van der Waals surface area contributed by atoms with Gasteiger partial charge in [-0.3, -0.25) is 19.1 Å². The van der Waals surface area contributed by atoms with Crippen LogP contribution in [0.5, 0.6) is 0 Å². The van der Waals surface area contributed by atoms with Crippen molar-refractivity contribution in [2.75, 3.05) is 0 Å². The summed E-state index contributed by atoms with van der Waals surface area (Å²) in [5.74, 6) is 1.81. The molecule has 0 aliphatic rings. The molecule has 0 radical (unpaired) electrons. The predicted octanol–water partition coefficient (Wildman–Crippen LogP) is 11.0. The number of para-hydroxylation sites is 6. The van der Waals surface area contributed by atoms with Crippen LogP contribution in [0.1, 0.15) is 0 Å². The first-order valence-corrected chi connectivity index (χ1v) is 17.3. The van der Waals surface area contributed by atoms with Crippen molar-refractivity contribution in [3.05, 3.63) is 182 Å². The van der Waals surface area contributed by atoms with Gasteiger partial charge < -0.3 is 0 Å². The van der Waals surface area contributed by atoms with E-state index in [4.69, 9.17) is 19.9 Å². The molecule has 0 saturated heterocycles. The van der Waals surface area contributed by atoms with E-state index in [1.807, 2.05) is 24.3 Å². The standard InChI is InChI=1S/C46H30N6/c1-3-11-35(12-4-1)51-41-17-9-7-15-39(41)49-45(51)33-23-19-31(20-24-33)37-27-28-38(44-43(37)47-29-30-48-44)32-21-25-34(26-22-32)46-50-40-16-8-10-18-42(40)52(46)36-13-5-2-6-14-36/h1-30H. The third kappa shape index (κ3) is 4.96. The van der Waals surface area contributed by atoms with Crippen LogP contribution in [-0.4, -0.2) is 29.1 Å². The molecular weight excluding hydrogens is 637 g/mol. The number of rotatable bonds is 6. The van der Waals surface area contributed by atoms with Crippen molar-refractivity contribution in [2.24, 2.45) is 0 Å². The Balaban J connectivity index is 1.02. The van der Waals surface area contributed by atoms with Crippen LogP contribution in [0.4, 0.5) is 0 Å². The zero-order valence-electron chi connectivity index (χ0n) is 28.0. The Hall–Kier alpha value is -7.18. The van der Waals surface area contributed by atoms with Gasteiger partial charge in [-0.15, -0.1) is 0 Å². The van der Waals surface area contributed by atoms with E-state index in [2.05, 4.69) is 155 Å². The Morgan fingerprint density at radius 2 is 0.692 bits per heavy atom. The van der Waals surface area contributed by atoms with Crippen molar-refractivity contribution in [1.29, 1.82) is 0 Å². The van der Waals surface area contributed by atoms with E-state index in [9.17, 15) is 0 Å². The highest BCUT2D eigenvalue weighted by atomic mass is 15.1. The molecule has 0 bridgehead atoms. The van der Waals surface area contributed by atoms with Crippen LogP contribution in [0.15, 0.2) is 182 Å². The molecular formula is C46H30N6. The predicted molar refractivity (Wildman–Crippen MR) is 211 cm³/mol. The first-order chi connectivity index (χ1) is 25.8. The summed E-state index contributed by atoms with van der Waals surface area (Å²) in [7, 11) is 0. The number of aromatic nitrogens is 6. The lowest BCUT2D eigenvalue weighted by atomic mass is 9.96. The zero-order chi connectivity index (χ0) is 34.4. The Morgan fingerprint density at radius 1 is 0.327 bits per heavy atom. The monoisotopic (exact) mass is 666 g/mol. The van der Waals surface area contributed by atoms with Crippen LogP contribution < -0.4 is 0 Å². The average Bonchev–Trinajstić information content (AvgIpc) is 3.81. The fourth-order valence-electron chi connectivity index (χ4n) is 7.24. The maximum atomic E-state index is 5.05. The van der Waals surface area contributed by atoms with Crippen molar-refractivity contribution in [2.45, 2.75) is 0 Å². The van der Waals surface area contributed by atoms with E-state index in [1.54, 1.807) is 12.4 Å². The second-order valence-corrected chi connectivity index (χ2v) is 12.8. The molecule has 0 fully saturated rings. The minimum absolute atomic E-state index is 0.860. The van der Waals surface area contributed by atoms with Crippen molar-refractivity contribution in [1.82, 2.24) is 29.1 Å². The molecule has 0 amide bonds. The maximum absolute atomic E-state index is 5.05. The number of hydrogen-bond donors (Lipinski definition) is 0. The summed E-state index contributed by atoms with van der Waals surface area (Å²) in [6.45, 7) is 0. The van der Waals surface area contributed by atoms with Crippen LogP contribution in [0.2, 0.25) is 0 Å². The minimum Gasteiger partial charge on any atom is -0.292 e. The molecule has 7 aromatic carbocycles. The van der Waals surface area contributed by atoms with Crippen molar-refractivity contribution < 1.29 is 0 Å². The van der Waals surface area contributed by atoms with Gasteiger partial charge >= 0.3 is 0 Å². The largest absolute Gasteiger partial charge is 0.292 e. The molecule has 0 aliphatic carbocycles. The molecule has 3 heterocycles. The fraction of sp³-hybridized carbons (Fsp3) is 0. The second kappa shape index (κ2) is 12.3. The SMILES string of the molecule is c1ccc(-n2c(-c3ccc(-c4ccc(-c5ccc(-c6nc7ccccc7n6-c6ccccc6)cc5)c5nccnc45)cc3)nc3ccccc32)cc1. The lowest BCUT2D eigenvalue weighted by Gasteiger charge is -2.13. The molecule has 244 valence electrons. The van der Waals surface area contributed by atoms with Gasteiger partial charge in [0.15, 0.2) is 0 Å². The summed E-state index contributed by atoms with van der Waals surface area (Å²) >= 11 is 0. The third-order valence-electron chi connectivity index (χ3n) is 9.68. The molecule has 6 nitrogen and oxygen atoms in total. The summed E-state index contributed by atoms with van der Waals surface area (Å²) in [6, 6.07) is 58.8. The van der Waals surface area contributed by atoms with Crippen LogP contribution >= 0.6 is 0 Å². The molecule has 0 unspecified atom stereocenters. The van der Waals surface area contributed by atoms with Gasteiger partial charge in [-0.2, -0.15) is 0 Å². The number of imidazole rings is 2. The normalized spacial score (nSPS) is 11.5. The first-order valence-electron chi connectivity index (χ1n) is 17.3. The van der Waals surface area contributed by atoms with Crippen LogP contribution in [-0.2, 0) is 0 Å². The fourth-order valence-corrected chi connectivity index (χ4v) is 7.24. The van der Waals surface area contributed by atoms with Gasteiger partial charge in [0.05, 0.1) is 33.1 Å². The molecule has 52 heavy (non-hydrogen) atoms. The average molecular weight is 667 g/mol. The van der Waals surface area contributed by atoms with E-state index in [0.29, 0.717) is 0 Å². The third-order valence-corrected chi connectivity index (χ3v) is 9.68. The number of hydrogen-bond acceptors (Lipinski definition) is 4. The van der Waals surface area contributed by atoms with Gasteiger partial charge in [0.2, 0.25) is 0 Å². The van der Waals surface area contributed by atoms with E-state index < -0.39 is 0 Å².